The molecule has 0 amide bonds. The SMILES string of the molecule is CCCC(O)(CC(=O)O)C[N+](C)(C)C. The van der Waals surface area contributed by atoms with Gasteiger partial charge in [0.15, 0.2) is 0 Å². The molecule has 0 rings (SSSR count). The van der Waals surface area contributed by atoms with Crippen LogP contribution in [-0.2, 0) is 4.79 Å². The Kier molecular flexibility index (Phi) is 4.55. The molecule has 2 N–H and O–H groups in total. The summed E-state index contributed by atoms with van der Waals surface area (Å²) in [5.41, 5.74) is -1.07. The molecule has 0 aromatic rings. The van der Waals surface area contributed by atoms with Crippen molar-refractivity contribution in [2.75, 3.05) is 27.7 Å². The molecule has 0 aliphatic rings. The molecule has 0 aromatic carbocycles. The Morgan fingerprint density at radius 2 is 1.86 bits per heavy atom. The third-order valence-corrected chi connectivity index (χ3v) is 1.96. The third-order valence-electron chi connectivity index (χ3n) is 1.96. The van der Waals surface area contributed by atoms with Crippen LogP contribution in [-0.4, -0.2) is 54.0 Å². The summed E-state index contributed by atoms with van der Waals surface area (Å²) in [7, 11) is 5.84. The molecule has 0 aliphatic heterocycles. The van der Waals surface area contributed by atoms with Crippen molar-refractivity contribution in [1.29, 1.82) is 0 Å². The lowest BCUT2D eigenvalue weighted by atomic mass is 9.93. The average Bonchev–Trinajstić information content (AvgIpc) is 1.78. The highest BCUT2D eigenvalue weighted by atomic mass is 16.4. The van der Waals surface area contributed by atoms with Gasteiger partial charge in [0.1, 0.15) is 12.1 Å². The van der Waals surface area contributed by atoms with E-state index in [9.17, 15) is 9.90 Å². The predicted octanol–water partition coefficient (Wildman–Crippen LogP) is 0.698. The number of hydrogen-bond donors (Lipinski definition) is 2. The van der Waals surface area contributed by atoms with Crippen molar-refractivity contribution in [3.63, 3.8) is 0 Å². The summed E-state index contributed by atoms with van der Waals surface area (Å²) in [5, 5.41) is 18.8. The van der Waals surface area contributed by atoms with Crippen molar-refractivity contribution in [3.05, 3.63) is 0 Å². The molecule has 0 fully saturated rings. The minimum absolute atomic E-state index is 0.170. The molecule has 14 heavy (non-hydrogen) atoms. The third kappa shape index (κ3) is 5.94. The van der Waals surface area contributed by atoms with Gasteiger partial charge in [-0.05, 0) is 6.42 Å². The van der Waals surface area contributed by atoms with Crippen LogP contribution in [0.2, 0.25) is 0 Å². The second-order valence-electron chi connectivity index (χ2n) is 4.99. The lowest BCUT2D eigenvalue weighted by Crippen LogP contribution is -2.50. The fourth-order valence-corrected chi connectivity index (χ4v) is 1.85. The van der Waals surface area contributed by atoms with E-state index in [1.165, 1.54) is 0 Å². The van der Waals surface area contributed by atoms with Gasteiger partial charge in [-0.1, -0.05) is 13.3 Å². The highest BCUT2D eigenvalue weighted by Gasteiger charge is 2.34. The number of carboxylic acids is 1. The van der Waals surface area contributed by atoms with E-state index in [1.54, 1.807) is 0 Å². The highest BCUT2D eigenvalue weighted by molar-refractivity contribution is 5.68. The summed E-state index contributed by atoms with van der Waals surface area (Å²) < 4.78 is 0.573. The van der Waals surface area contributed by atoms with Gasteiger partial charge in [-0.15, -0.1) is 0 Å². The summed E-state index contributed by atoms with van der Waals surface area (Å²) in [6.45, 7) is 2.41. The van der Waals surface area contributed by atoms with Crippen molar-refractivity contribution in [2.24, 2.45) is 0 Å². The summed E-state index contributed by atoms with van der Waals surface area (Å²) in [6, 6.07) is 0. The van der Waals surface area contributed by atoms with Gasteiger partial charge >= 0.3 is 5.97 Å². The number of quaternary nitrogens is 1. The first-order chi connectivity index (χ1) is 6.18. The van der Waals surface area contributed by atoms with E-state index in [2.05, 4.69) is 0 Å². The normalized spacial score (nSPS) is 16.4. The summed E-state index contributed by atoms with van der Waals surface area (Å²) in [5.74, 6) is -0.936. The molecule has 0 bridgehead atoms. The first-order valence-electron chi connectivity index (χ1n) is 4.93. The Balaban J connectivity index is 4.46. The van der Waals surface area contributed by atoms with Crippen LogP contribution in [0.1, 0.15) is 26.2 Å². The molecule has 0 spiro atoms. The zero-order valence-corrected chi connectivity index (χ0v) is 9.58. The number of aliphatic carboxylic acids is 1. The fraction of sp³-hybridized carbons (Fsp3) is 0.900. The maximum absolute atomic E-state index is 10.6. The Bertz CT molecular complexity index is 198. The van der Waals surface area contributed by atoms with E-state index in [4.69, 9.17) is 5.11 Å². The van der Waals surface area contributed by atoms with Crippen LogP contribution in [0.5, 0.6) is 0 Å². The lowest BCUT2D eigenvalue weighted by molar-refractivity contribution is -0.877. The van der Waals surface area contributed by atoms with Crippen molar-refractivity contribution in [1.82, 2.24) is 0 Å². The molecule has 4 heteroatoms. The first-order valence-corrected chi connectivity index (χ1v) is 4.93. The molecule has 0 heterocycles. The zero-order chi connectivity index (χ0) is 11.4. The monoisotopic (exact) mass is 204 g/mol. The van der Waals surface area contributed by atoms with Crippen LogP contribution in [0, 0.1) is 0 Å². The standard InChI is InChI=1S/C10H21NO3/c1-5-6-10(14,7-9(12)13)8-11(2,3)4/h14H,5-8H2,1-4H3/p+1. The number of carboxylic acid groups (broad SMARTS) is 1. The van der Waals surface area contributed by atoms with Crippen LogP contribution in [0.15, 0.2) is 0 Å². The summed E-state index contributed by atoms with van der Waals surface area (Å²) in [6.07, 6.45) is 1.16. The van der Waals surface area contributed by atoms with Crippen molar-refractivity contribution in [3.8, 4) is 0 Å². The molecule has 0 radical (unpaired) electrons. The minimum atomic E-state index is -1.07. The maximum atomic E-state index is 10.6. The lowest BCUT2D eigenvalue weighted by Gasteiger charge is -2.34. The second kappa shape index (κ2) is 4.75. The minimum Gasteiger partial charge on any atom is -0.481 e. The molecule has 4 nitrogen and oxygen atoms in total. The molecule has 84 valence electrons. The number of likely N-dealkylation sites (N-methyl/N-ethyl adjacent to an activating group) is 1. The number of aliphatic hydroxyl groups is 1. The van der Waals surface area contributed by atoms with E-state index < -0.39 is 11.6 Å². The van der Waals surface area contributed by atoms with Crippen LogP contribution in [0.4, 0.5) is 0 Å². The largest absolute Gasteiger partial charge is 0.481 e. The zero-order valence-electron chi connectivity index (χ0n) is 9.58. The van der Waals surface area contributed by atoms with Gasteiger partial charge in [0.05, 0.1) is 27.6 Å². The smallest absolute Gasteiger partial charge is 0.306 e. The molecular weight excluding hydrogens is 182 g/mol. The van der Waals surface area contributed by atoms with Gasteiger partial charge < -0.3 is 14.7 Å². The number of hydrogen-bond acceptors (Lipinski definition) is 2. The molecule has 0 saturated carbocycles. The van der Waals surface area contributed by atoms with Crippen LogP contribution in [0.25, 0.3) is 0 Å². The number of carbonyl (C=O) groups is 1. The molecule has 1 atom stereocenters. The number of nitrogens with zero attached hydrogens (tertiary/aromatic N) is 1. The average molecular weight is 204 g/mol. The number of rotatable bonds is 6. The highest BCUT2D eigenvalue weighted by Crippen LogP contribution is 2.20. The van der Waals surface area contributed by atoms with Gasteiger partial charge in [-0.25, -0.2) is 0 Å². The molecule has 0 aliphatic carbocycles. The Morgan fingerprint density at radius 1 is 1.36 bits per heavy atom. The molecule has 1 unspecified atom stereocenters. The van der Waals surface area contributed by atoms with Crippen LogP contribution >= 0.6 is 0 Å². The summed E-state index contributed by atoms with van der Waals surface area (Å²) >= 11 is 0. The Hall–Kier alpha value is -0.610. The van der Waals surface area contributed by atoms with E-state index >= 15 is 0 Å². The molecule has 0 saturated heterocycles. The van der Waals surface area contributed by atoms with Crippen LogP contribution in [0.3, 0.4) is 0 Å². The fourth-order valence-electron chi connectivity index (χ4n) is 1.85. The van der Waals surface area contributed by atoms with Gasteiger partial charge in [0.2, 0.25) is 0 Å². The molecular formula is C10H22NO3+. The van der Waals surface area contributed by atoms with E-state index in [0.29, 0.717) is 17.4 Å². The second-order valence-corrected chi connectivity index (χ2v) is 4.99. The van der Waals surface area contributed by atoms with Gasteiger partial charge in [-0.2, -0.15) is 0 Å². The van der Waals surface area contributed by atoms with E-state index in [-0.39, 0.29) is 6.42 Å². The quantitative estimate of drug-likeness (QED) is 0.626. The summed E-state index contributed by atoms with van der Waals surface area (Å²) in [4.78, 5) is 10.6. The maximum Gasteiger partial charge on any atom is 0.306 e. The van der Waals surface area contributed by atoms with Crippen LogP contribution < -0.4 is 0 Å². The van der Waals surface area contributed by atoms with Gasteiger partial charge in [-0.3, -0.25) is 4.79 Å². The van der Waals surface area contributed by atoms with Gasteiger partial charge in [0, 0.05) is 0 Å². The Labute approximate surface area is 85.7 Å². The predicted molar refractivity (Wildman–Crippen MR) is 55.0 cm³/mol. The van der Waals surface area contributed by atoms with Crippen molar-refractivity contribution in [2.45, 2.75) is 31.8 Å². The van der Waals surface area contributed by atoms with E-state index in [0.717, 1.165) is 6.42 Å². The first kappa shape index (κ1) is 13.4. The topological polar surface area (TPSA) is 57.5 Å². The molecule has 0 aromatic heterocycles. The van der Waals surface area contributed by atoms with E-state index in [1.807, 2.05) is 28.1 Å². The van der Waals surface area contributed by atoms with Crippen molar-refractivity contribution >= 4 is 5.97 Å². The van der Waals surface area contributed by atoms with Gasteiger partial charge in [0.25, 0.3) is 0 Å². The van der Waals surface area contributed by atoms with Crippen molar-refractivity contribution < 1.29 is 19.5 Å². The Morgan fingerprint density at radius 3 is 2.14 bits per heavy atom.